The number of rotatable bonds is 4. The first-order valence-electron chi connectivity index (χ1n) is 3.62. The molecule has 0 aliphatic rings. The second kappa shape index (κ2) is 3.91. The van der Waals surface area contributed by atoms with E-state index in [9.17, 15) is 5.11 Å². The van der Waals surface area contributed by atoms with E-state index in [1.807, 2.05) is 0 Å². The lowest BCUT2D eigenvalue weighted by Gasteiger charge is -2.29. The Morgan fingerprint density at radius 2 is 1.70 bits per heavy atom. The highest BCUT2D eigenvalue weighted by molar-refractivity contribution is 4.82. The van der Waals surface area contributed by atoms with E-state index in [-0.39, 0.29) is 6.61 Å². The first-order chi connectivity index (χ1) is 4.60. The molecule has 0 spiro atoms. The van der Waals surface area contributed by atoms with Crippen LogP contribution in [0.4, 0.5) is 0 Å². The molecule has 0 unspecified atom stereocenters. The van der Waals surface area contributed by atoms with Crippen LogP contribution in [0.15, 0.2) is 0 Å². The van der Waals surface area contributed by atoms with Crippen molar-refractivity contribution < 1.29 is 15.3 Å². The van der Waals surface area contributed by atoms with E-state index in [0.29, 0.717) is 12.8 Å². The van der Waals surface area contributed by atoms with Crippen LogP contribution in [0.25, 0.3) is 0 Å². The minimum Gasteiger partial charge on any atom is -0.394 e. The van der Waals surface area contributed by atoms with E-state index < -0.39 is 11.7 Å². The van der Waals surface area contributed by atoms with Gasteiger partial charge in [-0.05, 0) is 12.8 Å². The molecule has 0 radical (unpaired) electrons. The fourth-order valence-corrected chi connectivity index (χ4v) is 0.891. The van der Waals surface area contributed by atoms with Crippen LogP contribution < -0.4 is 0 Å². The van der Waals surface area contributed by atoms with Crippen molar-refractivity contribution in [3.63, 3.8) is 0 Å². The van der Waals surface area contributed by atoms with Crippen molar-refractivity contribution in [3.05, 3.63) is 0 Å². The molecule has 0 heterocycles. The van der Waals surface area contributed by atoms with Gasteiger partial charge < -0.3 is 15.3 Å². The SMILES string of the molecule is CCC(O)(CC)[C@H](O)CO. The number of aliphatic hydroxyl groups is 3. The highest BCUT2D eigenvalue weighted by atomic mass is 16.4. The van der Waals surface area contributed by atoms with Gasteiger partial charge >= 0.3 is 0 Å². The van der Waals surface area contributed by atoms with Gasteiger partial charge in [-0.25, -0.2) is 0 Å². The predicted octanol–water partition coefficient (Wildman–Crippen LogP) is -0.109. The number of hydrogen-bond acceptors (Lipinski definition) is 3. The third-order valence-corrected chi connectivity index (χ3v) is 2.02. The highest BCUT2D eigenvalue weighted by Gasteiger charge is 2.30. The van der Waals surface area contributed by atoms with Gasteiger partial charge in [-0.15, -0.1) is 0 Å². The molecule has 0 aliphatic heterocycles. The second-order valence-electron chi connectivity index (χ2n) is 2.51. The summed E-state index contributed by atoms with van der Waals surface area (Å²) in [6.07, 6.45) is -0.0845. The van der Waals surface area contributed by atoms with Crippen LogP contribution in [0, 0.1) is 0 Å². The number of hydrogen-bond donors (Lipinski definition) is 3. The zero-order valence-electron chi connectivity index (χ0n) is 6.54. The molecule has 0 rings (SSSR count). The number of aliphatic hydroxyl groups excluding tert-OH is 2. The maximum absolute atomic E-state index is 9.49. The quantitative estimate of drug-likeness (QED) is 0.521. The molecule has 1 atom stereocenters. The van der Waals surface area contributed by atoms with Gasteiger partial charge in [0.05, 0.1) is 12.2 Å². The Balaban J connectivity index is 4.02. The summed E-state index contributed by atoms with van der Waals surface area (Å²) in [5.74, 6) is 0. The summed E-state index contributed by atoms with van der Waals surface area (Å²) < 4.78 is 0. The normalized spacial score (nSPS) is 15.3. The molecule has 3 nitrogen and oxygen atoms in total. The second-order valence-corrected chi connectivity index (χ2v) is 2.51. The van der Waals surface area contributed by atoms with E-state index >= 15 is 0 Å². The molecule has 0 bridgehead atoms. The molecular formula is C7H16O3. The minimum atomic E-state index is -1.10. The first kappa shape index (κ1) is 9.88. The molecular weight excluding hydrogens is 132 g/mol. The van der Waals surface area contributed by atoms with Crippen LogP contribution >= 0.6 is 0 Å². The molecule has 3 heteroatoms. The fourth-order valence-electron chi connectivity index (χ4n) is 0.891. The molecule has 0 aromatic carbocycles. The Kier molecular flexibility index (Phi) is 3.86. The van der Waals surface area contributed by atoms with E-state index in [4.69, 9.17) is 10.2 Å². The monoisotopic (exact) mass is 148 g/mol. The van der Waals surface area contributed by atoms with E-state index in [1.165, 1.54) is 0 Å². The van der Waals surface area contributed by atoms with Gasteiger partial charge in [0.25, 0.3) is 0 Å². The molecule has 0 aromatic rings. The summed E-state index contributed by atoms with van der Waals surface area (Å²) in [4.78, 5) is 0. The van der Waals surface area contributed by atoms with E-state index in [0.717, 1.165) is 0 Å². The lowest BCUT2D eigenvalue weighted by atomic mass is 9.91. The van der Waals surface area contributed by atoms with Crippen LogP contribution in [-0.2, 0) is 0 Å². The molecule has 10 heavy (non-hydrogen) atoms. The van der Waals surface area contributed by atoms with Gasteiger partial charge in [0, 0.05) is 0 Å². The van der Waals surface area contributed by atoms with Crippen LogP contribution in [0.1, 0.15) is 26.7 Å². The van der Waals surface area contributed by atoms with Crippen molar-refractivity contribution in [2.75, 3.05) is 6.61 Å². The van der Waals surface area contributed by atoms with Crippen LogP contribution in [0.3, 0.4) is 0 Å². The Labute approximate surface area is 61.3 Å². The van der Waals surface area contributed by atoms with Gasteiger partial charge in [-0.2, -0.15) is 0 Å². The molecule has 0 saturated carbocycles. The summed E-state index contributed by atoms with van der Waals surface area (Å²) in [5.41, 5.74) is -1.10. The van der Waals surface area contributed by atoms with Gasteiger partial charge in [0.1, 0.15) is 6.10 Å². The van der Waals surface area contributed by atoms with Crippen LogP contribution in [0.5, 0.6) is 0 Å². The molecule has 0 aromatic heterocycles. The van der Waals surface area contributed by atoms with Crippen molar-refractivity contribution in [2.24, 2.45) is 0 Å². The summed E-state index contributed by atoms with van der Waals surface area (Å²) >= 11 is 0. The Morgan fingerprint density at radius 1 is 1.30 bits per heavy atom. The molecule has 3 N–H and O–H groups in total. The zero-order chi connectivity index (χ0) is 8.20. The molecule has 0 aliphatic carbocycles. The summed E-state index contributed by atoms with van der Waals surface area (Å²) in [5, 5.41) is 27.1. The Bertz CT molecular complexity index is 88.9. The van der Waals surface area contributed by atoms with Crippen molar-refractivity contribution in [1.82, 2.24) is 0 Å². The lowest BCUT2D eigenvalue weighted by molar-refractivity contribution is -0.0985. The summed E-state index contributed by atoms with van der Waals surface area (Å²) in [6, 6.07) is 0. The van der Waals surface area contributed by atoms with Gasteiger partial charge in [-0.1, -0.05) is 13.8 Å². The molecule has 62 valence electrons. The maximum atomic E-state index is 9.49. The standard InChI is InChI=1S/C7H16O3/c1-3-7(10,4-2)6(9)5-8/h6,8-10H,3-5H2,1-2H3/t6-/m1/s1. The minimum absolute atomic E-state index is 0.377. The summed E-state index contributed by atoms with van der Waals surface area (Å²) in [6.45, 7) is 3.18. The zero-order valence-corrected chi connectivity index (χ0v) is 6.54. The van der Waals surface area contributed by atoms with Crippen molar-refractivity contribution in [2.45, 2.75) is 38.4 Å². The van der Waals surface area contributed by atoms with Crippen molar-refractivity contribution in [3.8, 4) is 0 Å². The Hall–Kier alpha value is -0.120. The third-order valence-electron chi connectivity index (χ3n) is 2.02. The average molecular weight is 148 g/mol. The van der Waals surface area contributed by atoms with Crippen LogP contribution in [0.2, 0.25) is 0 Å². The van der Waals surface area contributed by atoms with E-state index in [1.54, 1.807) is 13.8 Å². The molecule has 0 saturated heterocycles. The molecule has 0 amide bonds. The van der Waals surface area contributed by atoms with Gasteiger partial charge in [-0.3, -0.25) is 0 Å². The Morgan fingerprint density at radius 3 is 1.80 bits per heavy atom. The fraction of sp³-hybridized carbons (Fsp3) is 1.00. The van der Waals surface area contributed by atoms with Crippen molar-refractivity contribution in [1.29, 1.82) is 0 Å². The predicted molar refractivity (Wildman–Crippen MR) is 38.6 cm³/mol. The summed E-state index contributed by atoms with van der Waals surface area (Å²) in [7, 11) is 0. The maximum Gasteiger partial charge on any atom is 0.106 e. The lowest BCUT2D eigenvalue weighted by Crippen LogP contribution is -2.43. The first-order valence-corrected chi connectivity index (χ1v) is 3.62. The highest BCUT2D eigenvalue weighted by Crippen LogP contribution is 2.18. The van der Waals surface area contributed by atoms with Crippen molar-refractivity contribution >= 4 is 0 Å². The average Bonchev–Trinajstić information content (AvgIpc) is 2.01. The molecule has 0 fully saturated rings. The topological polar surface area (TPSA) is 60.7 Å². The largest absolute Gasteiger partial charge is 0.394 e. The third kappa shape index (κ3) is 1.94. The van der Waals surface area contributed by atoms with Gasteiger partial charge in [0.15, 0.2) is 0 Å². The smallest absolute Gasteiger partial charge is 0.106 e. The van der Waals surface area contributed by atoms with Crippen LogP contribution in [-0.4, -0.2) is 33.6 Å². The van der Waals surface area contributed by atoms with Gasteiger partial charge in [0.2, 0.25) is 0 Å². The van der Waals surface area contributed by atoms with E-state index in [2.05, 4.69) is 0 Å².